The van der Waals surface area contributed by atoms with Gasteiger partial charge in [-0.3, -0.25) is 0 Å². The zero-order valence-electron chi connectivity index (χ0n) is 8.11. The molecule has 74 valence electrons. The number of ether oxygens (including phenoxy) is 1. The summed E-state index contributed by atoms with van der Waals surface area (Å²) in [6.07, 6.45) is 2.57. The van der Waals surface area contributed by atoms with Gasteiger partial charge in [-0.1, -0.05) is 24.3 Å². The molecule has 0 N–H and O–H groups in total. The molecule has 14 heavy (non-hydrogen) atoms. The molecule has 2 nitrogen and oxygen atoms in total. The van der Waals surface area contributed by atoms with E-state index < -0.39 is 0 Å². The lowest BCUT2D eigenvalue weighted by Gasteiger charge is -2.08. The van der Waals surface area contributed by atoms with E-state index >= 15 is 0 Å². The summed E-state index contributed by atoms with van der Waals surface area (Å²) in [4.78, 5) is 10.4. The van der Waals surface area contributed by atoms with Gasteiger partial charge in [0.05, 0.1) is 6.61 Å². The van der Waals surface area contributed by atoms with Crippen molar-refractivity contribution in [2.24, 2.45) is 0 Å². The standard InChI is InChI=1S/C12H14O2/c13-6-4-10-2-1-3-11(8-10)12-5-7-14-9-12/h1-3,6,8,12H,4-5,7,9H2. The van der Waals surface area contributed by atoms with Gasteiger partial charge in [0.15, 0.2) is 0 Å². The van der Waals surface area contributed by atoms with Crippen molar-refractivity contribution in [3.63, 3.8) is 0 Å². The van der Waals surface area contributed by atoms with Gasteiger partial charge >= 0.3 is 0 Å². The van der Waals surface area contributed by atoms with Crippen LogP contribution in [-0.4, -0.2) is 19.5 Å². The summed E-state index contributed by atoms with van der Waals surface area (Å²) in [6.45, 7) is 1.69. The van der Waals surface area contributed by atoms with Crippen molar-refractivity contribution in [1.82, 2.24) is 0 Å². The summed E-state index contributed by atoms with van der Waals surface area (Å²) in [5, 5.41) is 0. The Hall–Kier alpha value is -1.15. The Morgan fingerprint density at radius 3 is 3.14 bits per heavy atom. The van der Waals surface area contributed by atoms with E-state index in [1.165, 1.54) is 5.56 Å². The molecule has 1 aromatic rings. The molecule has 1 saturated heterocycles. The Bertz CT molecular complexity index is 314. The molecule has 0 bridgehead atoms. The van der Waals surface area contributed by atoms with Crippen molar-refractivity contribution in [2.75, 3.05) is 13.2 Å². The molecule has 0 aliphatic carbocycles. The smallest absolute Gasteiger partial charge is 0.124 e. The van der Waals surface area contributed by atoms with Gasteiger partial charge in [0.1, 0.15) is 6.29 Å². The van der Waals surface area contributed by atoms with Crippen LogP contribution in [0.4, 0.5) is 0 Å². The van der Waals surface area contributed by atoms with Gasteiger partial charge in [0.25, 0.3) is 0 Å². The molecule has 1 aliphatic rings. The summed E-state index contributed by atoms with van der Waals surface area (Å²) in [7, 11) is 0. The first kappa shape index (κ1) is 9.41. The van der Waals surface area contributed by atoms with Crippen LogP contribution in [-0.2, 0) is 16.0 Å². The van der Waals surface area contributed by atoms with E-state index in [9.17, 15) is 4.79 Å². The minimum atomic E-state index is 0.515. The minimum Gasteiger partial charge on any atom is -0.381 e. The first-order valence-corrected chi connectivity index (χ1v) is 5.00. The predicted octanol–water partition coefficient (Wildman–Crippen LogP) is 1.93. The van der Waals surface area contributed by atoms with Crippen molar-refractivity contribution in [1.29, 1.82) is 0 Å². The van der Waals surface area contributed by atoms with E-state index in [-0.39, 0.29) is 0 Å². The Morgan fingerprint density at radius 2 is 2.43 bits per heavy atom. The summed E-state index contributed by atoms with van der Waals surface area (Å²) in [5.74, 6) is 0.529. The van der Waals surface area contributed by atoms with E-state index in [4.69, 9.17) is 4.74 Å². The fourth-order valence-corrected chi connectivity index (χ4v) is 1.87. The predicted molar refractivity (Wildman–Crippen MR) is 54.4 cm³/mol. The van der Waals surface area contributed by atoms with Crippen LogP contribution in [0.15, 0.2) is 24.3 Å². The number of benzene rings is 1. The Balaban J connectivity index is 2.16. The second-order valence-electron chi connectivity index (χ2n) is 3.68. The van der Waals surface area contributed by atoms with Crippen LogP contribution in [0.3, 0.4) is 0 Å². The van der Waals surface area contributed by atoms with Gasteiger partial charge < -0.3 is 9.53 Å². The van der Waals surface area contributed by atoms with Gasteiger partial charge in [-0.05, 0) is 17.5 Å². The van der Waals surface area contributed by atoms with Crippen LogP contribution in [0.1, 0.15) is 23.5 Å². The number of aldehydes is 1. The number of rotatable bonds is 3. The molecular formula is C12H14O2. The molecule has 0 spiro atoms. The van der Waals surface area contributed by atoms with Crippen molar-refractivity contribution in [2.45, 2.75) is 18.8 Å². The molecule has 1 aromatic carbocycles. The molecule has 0 aromatic heterocycles. The van der Waals surface area contributed by atoms with Crippen LogP contribution in [0.2, 0.25) is 0 Å². The molecule has 1 atom stereocenters. The molecule has 2 rings (SSSR count). The van der Waals surface area contributed by atoms with Crippen molar-refractivity contribution < 1.29 is 9.53 Å². The van der Waals surface area contributed by atoms with Gasteiger partial charge in [0, 0.05) is 18.9 Å². The molecule has 0 amide bonds. The van der Waals surface area contributed by atoms with Crippen molar-refractivity contribution >= 4 is 6.29 Å². The summed E-state index contributed by atoms with van der Waals surface area (Å²) in [6, 6.07) is 8.25. The first-order valence-electron chi connectivity index (χ1n) is 5.00. The molecule has 1 aliphatic heterocycles. The molecule has 1 unspecified atom stereocenters. The third-order valence-corrected chi connectivity index (χ3v) is 2.67. The minimum absolute atomic E-state index is 0.515. The maximum absolute atomic E-state index is 10.4. The van der Waals surface area contributed by atoms with Crippen LogP contribution >= 0.6 is 0 Å². The largest absolute Gasteiger partial charge is 0.381 e. The molecule has 1 fully saturated rings. The molecule has 2 heteroatoms. The second kappa shape index (κ2) is 4.38. The average Bonchev–Trinajstić information content (AvgIpc) is 2.71. The van der Waals surface area contributed by atoms with Crippen molar-refractivity contribution in [3.8, 4) is 0 Å². The fraction of sp³-hybridized carbons (Fsp3) is 0.417. The number of carbonyl (C=O) groups excluding carboxylic acids is 1. The number of hydrogen-bond acceptors (Lipinski definition) is 2. The Labute approximate surface area is 83.9 Å². The lowest BCUT2D eigenvalue weighted by Crippen LogP contribution is -1.98. The van der Waals surface area contributed by atoms with Crippen LogP contribution in [0.25, 0.3) is 0 Å². The molecule has 1 heterocycles. The Morgan fingerprint density at radius 1 is 1.50 bits per heavy atom. The quantitative estimate of drug-likeness (QED) is 0.681. The highest BCUT2D eigenvalue weighted by atomic mass is 16.5. The molecule has 0 radical (unpaired) electrons. The highest BCUT2D eigenvalue weighted by Crippen LogP contribution is 2.25. The van der Waals surface area contributed by atoms with E-state index in [1.807, 2.05) is 12.1 Å². The third kappa shape index (κ3) is 2.02. The average molecular weight is 190 g/mol. The number of hydrogen-bond donors (Lipinski definition) is 0. The zero-order chi connectivity index (χ0) is 9.80. The monoisotopic (exact) mass is 190 g/mol. The SMILES string of the molecule is O=CCc1cccc(C2CCOC2)c1. The molecular weight excluding hydrogens is 176 g/mol. The van der Waals surface area contributed by atoms with Crippen LogP contribution < -0.4 is 0 Å². The summed E-state index contributed by atoms with van der Waals surface area (Å²) < 4.78 is 5.34. The maximum atomic E-state index is 10.4. The van der Waals surface area contributed by atoms with Gasteiger partial charge in [-0.25, -0.2) is 0 Å². The summed E-state index contributed by atoms with van der Waals surface area (Å²) >= 11 is 0. The Kier molecular flexibility index (Phi) is 2.94. The highest BCUT2D eigenvalue weighted by Gasteiger charge is 2.17. The van der Waals surface area contributed by atoms with Gasteiger partial charge in [-0.2, -0.15) is 0 Å². The van der Waals surface area contributed by atoms with Gasteiger partial charge in [0.2, 0.25) is 0 Å². The fourth-order valence-electron chi connectivity index (χ4n) is 1.87. The summed E-state index contributed by atoms with van der Waals surface area (Å²) in [5.41, 5.74) is 2.41. The topological polar surface area (TPSA) is 26.3 Å². The molecule has 0 saturated carbocycles. The highest BCUT2D eigenvalue weighted by molar-refractivity contribution is 5.55. The zero-order valence-corrected chi connectivity index (χ0v) is 8.11. The normalized spacial score (nSPS) is 21.0. The second-order valence-corrected chi connectivity index (χ2v) is 3.68. The first-order chi connectivity index (χ1) is 6.90. The van der Waals surface area contributed by atoms with E-state index in [1.54, 1.807) is 0 Å². The third-order valence-electron chi connectivity index (χ3n) is 2.67. The lowest BCUT2D eigenvalue weighted by molar-refractivity contribution is -0.107. The van der Waals surface area contributed by atoms with Crippen LogP contribution in [0, 0.1) is 0 Å². The lowest BCUT2D eigenvalue weighted by atomic mass is 9.96. The number of carbonyl (C=O) groups is 1. The van der Waals surface area contributed by atoms with E-state index in [0.717, 1.165) is 31.5 Å². The van der Waals surface area contributed by atoms with E-state index in [0.29, 0.717) is 12.3 Å². The van der Waals surface area contributed by atoms with Crippen molar-refractivity contribution in [3.05, 3.63) is 35.4 Å². The van der Waals surface area contributed by atoms with Crippen LogP contribution in [0.5, 0.6) is 0 Å². The van der Waals surface area contributed by atoms with Gasteiger partial charge in [-0.15, -0.1) is 0 Å². The maximum Gasteiger partial charge on any atom is 0.124 e. The van der Waals surface area contributed by atoms with E-state index in [2.05, 4.69) is 12.1 Å².